The lowest BCUT2D eigenvalue weighted by atomic mass is 9.71. The van der Waals surface area contributed by atoms with E-state index in [-0.39, 0.29) is 5.78 Å². The zero-order chi connectivity index (χ0) is 23.5. The van der Waals surface area contributed by atoms with Crippen molar-refractivity contribution < 1.29 is 9.35 Å². The summed E-state index contributed by atoms with van der Waals surface area (Å²) in [6.07, 6.45) is 0. The molecule has 2 aromatic carbocycles. The number of fused-ring (bicyclic) bond motifs is 4. The smallest absolute Gasteiger partial charge is 0.195 e. The first-order chi connectivity index (χ1) is 15.7. The highest BCUT2D eigenvalue weighted by molar-refractivity contribution is 7.86. The van der Waals surface area contributed by atoms with Crippen LogP contribution in [0.2, 0.25) is 0 Å². The number of carbonyl (C=O) groups is 1. The molecule has 1 aliphatic heterocycles. The molecule has 7 nitrogen and oxygen atoms in total. The Kier molecular flexibility index (Phi) is 5.26. The summed E-state index contributed by atoms with van der Waals surface area (Å²) < 4.78 is 16.1. The Morgan fingerprint density at radius 2 is 1.85 bits per heavy atom. The molecule has 33 heavy (non-hydrogen) atoms. The van der Waals surface area contributed by atoms with Gasteiger partial charge in [0.15, 0.2) is 5.78 Å². The Balaban J connectivity index is 1.50. The van der Waals surface area contributed by atoms with Crippen molar-refractivity contribution in [3.05, 3.63) is 64.3 Å². The van der Waals surface area contributed by atoms with Gasteiger partial charge in [-0.2, -0.15) is 5.26 Å². The minimum absolute atomic E-state index is 0.0213. The van der Waals surface area contributed by atoms with Crippen molar-refractivity contribution in [2.24, 2.45) is 0 Å². The SMILES string of the molecule is CN(C)[S+]([O-])N1CCN(c2ccc3c(c2)C(C)(C)c2[nH]c4cc(C#N)ccc4c2C3=O)CC1. The molecule has 170 valence electrons. The molecule has 8 heteroatoms. The van der Waals surface area contributed by atoms with Crippen LogP contribution in [0.3, 0.4) is 0 Å². The number of rotatable bonds is 3. The van der Waals surface area contributed by atoms with Crippen LogP contribution < -0.4 is 4.90 Å². The maximum atomic E-state index is 13.6. The van der Waals surface area contributed by atoms with Crippen LogP contribution in [0, 0.1) is 11.3 Å². The molecule has 1 aromatic heterocycles. The number of nitriles is 1. The van der Waals surface area contributed by atoms with E-state index in [0.29, 0.717) is 11.1 Å². The van der Waals surface area contributed by atoms with E-state index in [2.05, 4.69) is 35.9 Å². The Bertz CT molecular complexity index is 1300. The molecule has 1 atom stereocenters. The molecular formula is C25H27N5O2S. The molecule has 0 radical (unpaired) electrons. The van der Waals surface area contributed by atoms with Crippen LogP contribution in [0.5, 0.6) is 0 Å². The quantitative estimate of drug-likeness (QED) is 0.603. The molecule has 1 aliphatic carbocycles. The van der Waals surface area contributed by atoms with Gasteiger partial charge in [0.2, 0.25) is 0 Å². The highest BCUT2D eigenvalue weighted by Crippen LogP contribution is 2.44. The van der Waals surface area contributed by atoms with E-state index in [4.69, 9.17) is 0 Å². The summed E-state index contributed by atoms with van der Waals surface area (Å²) in [4.78, 5) is 19.3. The van der Waals surface area contributed by atoms with Crippen LogP contribution in [0.25, 0.3) is 10.9 Å². The Morgan fingerprint density at radius 1 is 1.12 bits per heavy atom. The molecule has 1 N–H and O–H groups in total. The van der Waals surface area contributed by atoms with Gasteiger partial charge in [-0.3, -0.25) is 4.79 Å². The van der Waals surface area contributed by atoms with Crippen molar-refractivity contribution in [1.82, 2.24) is 13.6 Å². The monoisotopic (exact) mass is 461 g/mol. The number of carbonyl (C=O) groups excluding carboxylic acids is 1. The maximum absolute atomic E-state index is 13.6. The lowest BCUT2D eigenvalue weighted by Gasteiger charge is -2.38. The zero-order valence-electron chi connectivity index (χ0n) is 19.3. The number of nitrogens with one attached hydrogen (secondary N) is 1. The van der Waals surface area contributed by atoms with Gasteiger partial charge in [-0.1, -0.05) is 19.9 Å². The molecule has 0 saturated carbocycles. The average molecular weight is 462 g/mol. The van der Waals surface area contributed by atoms with Crippen molar-refractivity contribution >= 4 is 33.9 Å². The number of aromatic amines is 1. The van der Waals surface area contributed by atoms with Gasteiger partial charge in [-0.05, 0) is 35.9 Å². The first kappa shape index (κ1) is 22.0. The van der Waals surface area contributed by atoms with E-state index >= 15 is 0 Å². The first-order valence-electron chi connectivity index (χ1n) is 11.1. The van der Waals surface area contributed by atoms with Crippen LogP contribution in [0.15, 0.2) is 36.4 Å². The second kappa shape index (κ2) is 7.89. The van der Waals surface area contributed by atoms with Crippen LogP contribution in [0.1, 0.15) is 46.6 Å². The summed E-state index contributed by atoms with van der Waals surface area (Å²) in [7, 11) is 3.65. The van der Waals surface area contributed by atoms with Gasteiger partial charge >= 0.3 is 0 Å². The fraction of sp³-hybridized carbons (Fsp3) is 0.360. The Hall–Kier alpha value is -2.83. The lowest BCUT2D eigenvalue weighted by Crippen LogP contribution is -2.51. The van der Waals surface area contributed by atoms with E-state index in [1.54, 1.807) is 10.4 Å². The third-order valence-electron chi connectivity index (χ3n) is 6.84. The third kappa shape index (κ3) is 3.44. The van der Waals surface area contributed by atoms with Crippen molar-refractivity contribution in [3.8, 4) is 6.07 Å². The second-order valence-corrected chi connectivity index (χ2v) is 11.1. The van der Waals surface area contributed by atoms with Crippen LogP contribution in [0.4, 0.5) is 5.69 Å². The van der Waals surface area contributed by atoms with E-state index in [1.165, 1.54) is 0 Å². The molecule has 1 saturated heterocycles. The molecule has 0 bridgehead atoms. The number of H-pyrrole nitrogens is 1. The highest BCUT2D eigenvalue weighted by atomic mass is 32.2. The van der Waals surface area contributed by atoms with Crippen LogP contribution in [-0.2, 0) is 17.0 Å². The molecule has 0 spiro atoms. The highest BCUT2D eigenvalue weighted by Gasteiger charge is 2.40. The number of hydrogen-bond acceptors (Lipinski definition) is 6. The molecule has 2 aliphatic rings. The standard InChI is InChI=1S/C25H27N5O2S/c1-25(2)20-14-17(29-9-11-30(12-10-29)33(32)28(3)4)6-8-18(20)23(31)22-19-7-5-16(15-26)13-21(19)27-24(22)25/h5-8,13-14,27H,9-12H2,1-4H3. The van der Waals surface area contributed by atoms with Gasteiger partial charge in [-0.15, -0.1) is 8.61 Å². The number of anilines is 1. The fourth-order valence-corrected chi connectivity index (χ4v) is 5.96. The van der Waals surface area contributed by atoms with Gasteiger partial charge in [0.05, 0.1) is 30.3 Å². The average Bonchev–Trinajstić information content (AvgIpc) is 3.22. The van der Waals surface area contributed by atoms with Crippen molar-refractivity contribution in [2.45, 2.75) is 19.3 Å². The predicted molar refractivity (Wildman–Crippen MR) is 131 cm³/mol. The molecule has 1 unspecified atom stereocenters. The number of aromatic nitrogens is 1. The minimum Gasteiger partial charge on any atom is -0.578 e. The zero-order valence-corrected chi connectivity index (χ0v) is 20.1. The number of ketones is 1. The van der Waals surface area contributed by atoms with Gasteiger partial charge in [0.25, 0.3) is 0 Å². The molecule has 0 amide bonds. The number of benzene rings is 2. The Labute approximate surface area is 197 Å². The summed E-state index contributed by atoms with van der Waals surface area (Å²) in [5.74, 6) is 0.0213. The molecule has 5 rings (SSSR count). The minimum atomic E-state index is -1.11. The summed E-state index contributed by atoms with van der Waals surface area (Å²) in [6.45, 7) is 7.27. The normalized spacial score (nSPS) is 18.8. The summed E-state index contributed by atoms with van der Waals surface area (Å²) in [5, 5.41) is 10.1. The largest absolute Gasteiger partial charge is 0.578 e. The van der Waals surface area contributed by atoms with Gasteiger partial charge in [0.1, 0.15) is 11.5 Å². The number of nitrogens with zero attached hydrogens (tertiary/aromatic N) is 4. The van der Waals surface area contributed by atoms with Gasteiger partial charge in [-0.25, -0.2) is 0 Å². The predicted octanol–water partition coefficient (Wildman–Crippen LogP) is 3.17. The van der Waals surface area contributed by atoms with E-state index in [1.807, 2.05) is 42.7 Å². The molecule has 2 heterocycles. The second-order valence-electron chi connectivity index (χ2n) is 9.39. The third-order valence-corrected chi connectivity index (χ3v) is 8.27. The Morgan fingerprint density at radius 3 is 2.52 bits per heavy atom. The molecule has 1 fully saturated rings. The summed E-state index contributed by atoms with van der Waals surface area (Å²) in [5.41, 5.74) is 5.41. The fourth-order valence-electron chi connectivity index (χ4n) is 5.02. The first-order valence-corrected chi connectivity index (χ1v) is 12.1. The number of piperazine rings is 1. The molecular weight excluding hydrogens is 434 g/mol. The summed E-state index contributed by atoms with van der Waals surface area (Å²) >= 11 is -1.11. The molecule has 3 aromatic rings. The van der Waals surface area contributed by atoms with Crippen molar-refractivity contribution in [2.75, 3.05) is 45.2 Å². The van der Waals surface area contributed by atoms with Crippen molar-refractivity contribution in [3.63, 3.8) is 0 Å². The van der Waals surface area contributed by atoms with E-state index < -0.39 is 17.0 Å². The summed E-state index contributed by atoms with van der Waals surface area (Å²) in [6, 6.07) is 13.7. The van der Waals surface area contributed by atoms with Crippen molar-refractivity contribution in [1.29, 1.82) is 5.26 Å². The topological polar surface area (TPSA) is 89.4 Å². The lowest BCUT2D eigenvalue weighted by molar-refractivity contribution is 0.103. The van der Waals surface area contributed by atoms with Crippen LogP contribution >= 0.6 is 0 Å². The maximum Gasteiger partial charge on any atom is 0.195 e. The van der Waals surface area contributed by atoms with Gasteiger partial charge in [0, 0.05) is 60.4 Å². The van der Waals surface area contributed by atoms with E-state index in [0.717, 1.165) is 59.6 Å². The van der Waals surface area contributed by atoms with Gasteiger partial charge < -0.3 is 14.4 Å². The van der Waals surface area contributed by atoms with Crippen LogP contribution in [-0.4, -0.2) is 64.2 Å². The number of hydrogen-bond donors (Lipinski definition) is 1. The van der Waals surface area contributed by atoms with E-state index in [9.17, 15) is 14.6 Å².